The second-order valence-electron chi connectivity index (χ2n) is 6.11. The number of benzene rings is 2. The summed E-state index contributed by atoms with van der Waals surface area (Å²) in [7, 11) is 0. The summed E-state index contributed by atoms with van der Waals surface area (Å²) in [6.45, 7) is 3.65. The van der Waals surface area contributed by atoms with Gasteiger partial charge in [0.1, 0.15) is 5.75 Å². The number of hydrogen-bond acceptors (Lipinski definition) is 5. The molecule has 0 unspecified atom stereocenters. The second-order valence-corrected chi connectivity index (χ2v) is 6.11. The molecule has 0 aliphatic rings. The summed E-state index contributed by atoms with van der Waals surface area (Å²) in [6, 6.07) is 13.2. The summed E-state index contributed by atoms with van der Waals surface area (Å²) >= 11 is 0. The van der Waals surface area contributed by atoms with Gasteiger partial charge >= 0.3 is 5.97 Å². The number of carbonyl (C=O) groups is 3. The maximum Gasteiger partial charge on any atom is 0.338 e. The zero-order chi connectivity index (χ0) is 20.4. The Morgan fingerprint density at radius 3 is 2.29 bits per heavy atom. The lowest BCUT2D eigenvalue weighted by Crippen LogP contribution is -2.20. The largest absolute Gasteiger partial charge is 0.484 e. The molecule has 2 amide bonds. The molecule has 0 fully saturated rings. The van der Waals surface area contributed by atoms with E-state index in [2.05, 4.69) is 10.6 Å². The summed E-state index contributed by atoms with van der Waals surface area (Å²) < 4.78 is 10.6. The summed E-state index contributed by atoms with van der Waals surface area (Å²) in [6.07, 6.45) is 1.79. The summed E-state index contributed by atoms with van der Waals surface area (Å²) in [5, 5.41) is 5.34. The average molecular weight is 384 g/mol. The van der Waals surface area contributed by atoms with E-state index in [1.807, 2.05) is 6.92 Å². The smallest absolute Gasteiger partial charge is 0.338 e. The van der Waals surface area contributed by atoms with Gasteiger partial charge in [0.05, 0.1) is 12.2 Å². The van der Waals surface area contributed by atoms with Crippen LogP contribution in [-0.4, -0.2) is 31.0 Å². The predicted molar refractivity (Wildman–Crippen MR) is 107 cm³/mol. The van der Waals surface area contributed by atoms with Gasteiger partial charge in [-0.2, -0.15) is 0 Å². The minimum atomic E-state index is -0.378. The highest BCUT2D eigenvalue weighted by Gasteiger charge is 2.08. The van der Waals surface area contributed by atoms with Crippen molar-refractivity contribution in [3.05, 3.63) is 54.1 Å². The van der Waals surface area contributed by atoms with Gasteiger partial charge in [0.25, 0.3) is 5.91 Å². The maximum absolute atomic E-state index is 12.0. The molecule has 2 aromatic carbocycles. The number of nitrogens with one attached hydrogen (secondary N) is 2. The fraction of sp³-hybridized carbons (Fsp3) is 0.286. The molecule has 148 valence electrons. The van der Waals surface area contributed by atoms with Gasteiger partial charge in [-0.3, -0.25) is 9.59 Å². The predicted octanol–water partition coefficient (Wildman–Crippen LogP) is 3.62. The van der Waals surface area contributed by atoms with E-state index in [0.717, 1.165) is 12.8 Å². The van der Waals surface area contributed by atoms with Crippen molar-refractivity contribution >= 4 is 29.2 Å². The first-order valence-corrected chi connectivity index (χ1v) is 9.05. The van der Waals surface area contributed by atoms with Crippen LogP contribution in [-0.2, 0) is 14.3 Å². The number of rotatable bonds is 9. The van der Waals surface area contributed by atoms with Gasteiger partial charge in [-0.25, -0.2) is 4.79 Å². The van der Waals surface area contributed by atoms with E-state index in [9.17, 15) is 14.4 Å². The van der Waals surface area contributed by atoms with Crippen LogP contribution in [0.5, 0.6) is 5.75 Å². The fourth-order valence-corrected chi connectivity index (χ4v) is 2.30. The number of unbranched alkanes of at least 4 members (excludes halogenated alkanes) is 1. The fourth-order valence-electron chi connectivity index (χ4n) is 2.30. The molecule has 0 atom stereocenters. The Kier molecular flexibility index (Phi) is 8.02. The zero-order valence-electron chi connectivity index (χ0n) is 16.0. The SMILES string of the molecule is CCCCOC(=O)c1ccc(OCC(=O)Nc2cccc(NC(C)=O)c2)cc1. The molecule has 0 spiro atoms. The Hall–Kier alpha value is -3.35. The molecule has 28 heavy (non-hydrogen) atoms. The van der Waals surface area contributed by atoms with Crippen molar-refractivity contribution in [3.63, 3.8) is 0 Å². The van der Waals surface area contributed by atoms with Crippen LogP contribution in [0.25, 0.3) is 0 Å². The first-order chi connectivity index (χ1) is 13.5. The van der Waals surface area contributed by atoms with Gasteiger partial charge in [0, 0.05) is 18.3 Å². The molecule has 0 radical (unpaired) electrons. The first-order valence-electron chi connectivity index (χ1n) is 9.05. The molecule has 7 heteroatoms. The Morgan fingerprint density at radius 2 is 1.64 bits per heavy atom. The second kappa shape index (κ2) is 10.7. The van der Waals surface area contributed by atoms with Crippen LogP contribution in [0.4, 0.5) is 11.4 Å². The topological polar surface area (TPSA) is 93.7 Å². The quantitative estimate of drug-likeness (QED) is 0.509. The summed E-state index contributed by atoms with van der Waals surface area (Å²) in [5.74, 6) is -0.448. The molecular weight excluding hydrogens is 360 g/mol. The van der Waals surface area contributed by atoms with Crippen LogP contribution < -0.4 is 15.4 Å². The summed E-state index contributed by atoms with van der Waals surface area (Å²) in [5.41, 5.74) is 1.57. The molecule has 0 aliphatic heterocycles. The van der Waals surface area contributed by atoms with Gasteiger partial charge < -0.3 is 20.1 Å². The van der Waals surface area contributed by atoms with Crippen LogP contribution in [0.2, 0.25) is 0 Å². The molecule has 0 saturated heterocycles. The van der Waals surface area contributed by atoms with Gasteiger partial charge in [0.2, 0.25) is 5.91 Å². The van der Waals surface area contributed by atoms with Crippen molar-refractivity contribution in [1.29, 1.82) is 0 Å². The molecule has 2 N–H and O–H groups in total. The zero-order valence-corrected chi connectivity index (χ0v) is 16.0. The van der Waals surface area contributed by atoms with Gasteiger partial charge in [-0.15, -0.1) is 0 Å². The highest BCUT2D eigenvalue weighted by Crippen LogP contribution is 2.16. The van der Waals surface area contributed by atoms with E-state index in [0.29, 0.717) is 29.3 Å². The molecule has 2 rings (SSSR count). The van der Waals surface area contributed by atoms with Gasteiger partial charge in [-0.05, 0) is 48.9 Å². The monoisotopic (exact) mass is 384 g/mol. The van der Waals surface area contributed by atoms with Crippen LogP contribution >= 0.6 is 0 Å². The van der Waals surface area contributed by atoms with Crippen molar-refractivity contribution in [2.75, 3.05) is 23.8 Å². The number of amides is 2. The standard InChI is InChI=1S/C21H24N2O5/c1-3-4-12-27-21(26)16-8-10-19(11-9-16)28-14-20(25)23-18-7-5-6-17(13-18)22-15(2)24/h5-11,13H,3-4,12,14H2,1-2H3,(H,22,24)(H,23,25). The molecule has 0 bridgehead atoms. The lowest BCUT2D eigenvalue weighted by molar-refractivity contribution is -0.118. The van der Waals surface area contributed by atoms with E-state index in [-0.39, 0.29) is 24.4 Å². The Morgan fingerprint density at radius 1 is 0.964 bits per heavy atom. The van der Waals surface area contributed by atoms with E-state index >= 15 is 0 Å². The van der Waals surface area contributed by atoms with Crippen LogP contribution in [0.1, 0.15) is 37.0 Å². The van der Waals surface area contributed by atoms with Crippen molar-refractivity contribution in [2.24, 2.45) is 0 Å². The Labute approximate surface area is 164 Å². The normalized spacial score (nSPS) is 10.1. The molecule has 0 saturated carbocycles. The minimum absolute atomic E-state index is 0.190. The first kappa shape index (κ1) is 21.0. The van der Waals surface area contributed by atoms with Crippen molar-refractivity contribution in [3.8, 4) is 5.75 Å². The minimum Gasteiger partial charge on any atom is -0.484 e. The van der Waals surface area contributed by atoms with Crippen LogP contribution in [0.15, 0.2) is 48.5 Å². The highest BCUT2D eigenvalue weighted by atomic mass is 16.5. The molecular formula is C21H24N2O5. The number of esters is 1. The number of anilines is 2. The van der Waals surface area contributed by atoms with E-state index in [1.54, 1.807) is 48.5 Å². The van der Waals surface area contributed by atoms with Gasteiger partial charge in [0.15, 0.2) is 6.61 Å². The average Bonchev–Trinajstić information content (AvgIpc) is 2.66. The van der Waals surface area contributed by atoms with Crippen LogP contribution in [0, 0.1) is 0 Å². The van der Waals surface area contributed by atoms with Crippen molar-refractivity contribution in [1.82, 2.24) is 0 Å². The van der Waals surface area contributed by atoms with Crippen molar-refractivity contribution in [2.45, 2.75) is 26.7 Å². The molecule has 0 heterocycles. The van der Waals surface area contributed by atoms with Crippen LogP contribution in [0.3, 0.4) is 0 Å². The highest BCUT2D eigenvalue weighted by molar-refractivity contribution is 5.94. The van der Waals surface area contributed by atoms with Crippen molar-refractivity contribution < 1.29 is 23.9 Å². The maximum atomic E-state index is 12.0. The Bertz CT molecular complexity index is 818. The van der Waals surface area contributed by atoms with E-state index < -0.39 is 0 Å². The Balaban J connectivity index is 1.82. The lowest BCUT2D eigenvalue weighted by atomic mass is 10.2. The third kappa shape index (κ3) is 7.11. The lowest BCUT2D eigenvalue weighted by Gasteiger charge is -2.09. The van der Waals surface area contributed by atoms with E-state index in [1.165, 1.54) is 6.92 Å². The van der Waals surface area contributed by atoms with E-state index in [4.69, 9.17) is 9.47 Å². The third-order valence-corrected chi connectivity index (χ3v) is 3.66. The number of carbonyl (C=O) groups excluding carboxylic acids is 3. The van der Waals surface area contributed by atoms with Gasteiger partial charge in [-0.1, -0.05) is 19.4 Å². The molecule has 0 aliphatic carbocycles. The third-order valence-electron chi connectivity index (χ3n) is 3.66. The number of ether oxygens (including phenoxy) is 2. The number of hydrogen-bond donors (Lipinski definition) is 2. The molecule has 2 aromatic rings. The summed E-state index contributed by atoms with van der Waals surface area (Å²) in [4.78, 5) is 35.0. The molecule has 7 nitrogen and oxygen atoms in total. The molecule has 0 aromatic heterocycles.